The van der Waals surface area contributed by atoms with Crippen LogP contribution in [0.4, 0.5) is 13.2 Å². The maximum atomic E-state index is 12.8. The van der Waals surface area contributed by atoms with Gasteiger partial charge in [-0.25, -0.2) is 8.42 Å². The van der Waals surface area contributed by atoms with E-state index in [2.05, 4.69) is 0 Å². The molecule has 144 valence electrons. The number of piperidine rings is 1. The fourth-order valence-electron chi connectivity index (χ4n) is 3.18. The average Bonchev–Trinajstić information content (AvgIpc) is 2.67. The lowest BCUT2D eigenvalue weighted by Gasteiger charge is -2.32. The van der Waals surface area contributed by atoms with Crippen molar-refractivity contribution in [2.24, 2.45) is 0 Å². The summed E-state index contributed by atoms with van der Waals surface area (Å²) in [5.41, 5.74) is -0.927. The van der Waals surface area contributed by atoms with E-state index in [1.807, 2.05) is 0 Å². The lowest BCUT2D eigenvalue weighted by molar-refractivity contribution is -0.137. The topological polar surface area (TPSA) is 54.5 Å². The molecule has 0 aromatic heterocycles. The van der Waals surface area contributed by atoms with Crippen LogP contribution in [-0.2, 0) is 16.0 Å². The van der Waals surface area contributed by atoms with Gasteiger partial charge >= 0.3 is 6.18 Å². The Hall–Kier alpha value is -2.35. The number of sulfone groups is 1. The standard InChI is InChI=1S/C19H18F3NO3S/c20-19(21,22)15-6-4-5-14(13-15)18(24)23-11-9-17(10-12-23)27(25,26)16-7-2-1-3-8-16/h1-8,13,17H,9-12H2. The molecule has 0 atom stereocenters. The molecule has 27 heavy (non-hydrogen) atoms. The van der Waals surface area contributed by atoms with Gasteiger partial charge < -0.3 is 4.90 Å². The molecule has 0 N–H and O–H groups in total. The molecule has 2 aromatic carbocycles. The van der Waals surface area contributed by atoms with Crippen molar-refractivity contribution in [1.29, 1.82) is 0 Å². The zero-order valence-corrected chi connectivity index (χ0v) is 15.1. The zero-order chi connectivity index (χ0) is 19.7. The second-order valence-electron chi connectivity index (χ2n) is 6.43. The Morgan fingerprint density at radius 1 is 0.963 bits per heavy atom. The lowest BCUT2D eigenvalue weighted by atomic mass is 10.1. The number of alkyl halides is 3. The highest BCUT2D eigenvalue weighted by Crippen LogP contribution is 2.30. The Kier molecular flexibility index (Phi) is 5.28. The third-order valence-electron chi connectivity index (χ3n) is 4.68. The molecule has 8 heteroatoms. The summed E-state index contributed by atoms with van der Waals surface area (Å²) in [6.45, 7) is 0.373. The molecular formula is C19H18F3NO3S. The minimum atomic E-state index is -4.52. The molecule has 0 unspecified atom stereocenters. The summed E-state index contributed by atoms with van der Waals surface area (Å²) in [6.07, 6.45) is -4.02. The predicted octanol–water partition coefficient (Wildman–Crippen LogP) is 3.78. The van der Waals surface area contributed by atoms with Crippen LogP contribution in [0.2, 0.25) is 0 Å². The largest absolute Gasteiger partial charge is 0.416 e. The molecule has 0 radical (unpaired) electrons. The number of nitrogens with zero attached hydrogens (tertiary/aromatic N) is 1. The van der Waals surface area contributed by atoms with Crippen LogP contribution in [0, 0.1) is 0 Å². The van der Waals surface area contributed by atoms with E-state index in [4.69, 9.17) is 0 Å². The highest BCUT2D eigenvalue weighted by Gasteiger charge is 2.34. The Morgan fingerprint density at radius 2 is 1.59 bits per heavy atom. The zero-order valence-electron chi connectivity index (χ0n) is 14.3. The van der Waals surface area contributed by atoms with E-state index in [9.17, 15) is 26.4 Å². The number of hydrogen-bond acceptors (Lipinski definition) is 3. The first-order valence-corrected chi connectivity index (χ1v) is 10.00. The number of benzene rings is 2. The molecule has 1 fully saturated rings. The number of carbonyl (C=O) groups is 1. The average molecular weight is 397 g/mol. The second kappa shape index (κ2) is 7.34. The van der Waals surface area contributed by atoms with Gasteiger partial charge in [-0.2, -0.15) is 13.2 Å². The summed E-state index contributed by atoms with van der Waals surface area (Å²) in [4.78, 5) is 14.2. The summed E-state index contributed by atoms with van der Waals surface area (Å²) >= 11 is 0. The van der Waals surface area contributed by atoms with E-state index < -0.39 is 32.7 Å². The third kappa shape index (κ3) is 4.16. The Labute approximate surface area is 155 Å². The molecule has 0 bridgehead atoms. The maximum Gasteiger partial charge on any atom is 0.416 e. The normalized spacial score (nSPS) is 16.3. The van der Waals surface area contributed by atoms with Crippen LogP contribution in [0.1, 0.15) is 28.8 Å². The summed E-state index contributed by atoms with van der Waals surface area (Å²) < 4.78 is 63.8. The highest BCUT2D eigenvalue weighted by molar-refractivity contribution is 7.92. The van der Waals surface area contributed by atoms with Crippen LogP contribution in [-0.4, -0.2) is 37.6 Å². The first-order chi connectivity index (χ1) is 12.7. The maximum absolute atomic E-state index is 12.8. The van der Waals surface area contributed by atoms with Gasteiger partial charge in [-0.15, -0.1) is 0 Å². The Balaban J connectivity index is 1.70. The van der Waals surface area contributed by atoms with Gasteiger partial charge in [0.15, 0.2) is 9.84 Å². The summed E-state index contributed by atoms with van der Waals surface area (Å²) in [7, 11) is -3.49. The summed E-state index contributed by atoms with van der Waals surface area (Å²) in [6, 6.07) is 12.4. The van der Waals surface area contributed by atoms with Crippen molar-refractivity contribution in [3.05, 3.63) is 65.7 Å². The molecule has 1 amide bonds. The number of hydrogen-bond donors (Lipinski definition) is 0. The first-order valence-electron chi connectivity index (χ1n) is 8.45. The van der Waals surface area contributed by atoms with E-state index in [-0.39, 0.29) is 36.4 Å². The van der Waals surface area contributed by atoms with E-state index in [0.29, 0.717) is 0 Å². The van der Waals surface area contributed by atoms with Crippen LogP contribution in [0.15, 0.2) is 59.5 Å². The van der Waals surface area contributed by atoms with E-state index in [1.54, 1.807) is 18.2 Å². The van der Waals surface area contributed by atoms with Crippen molar-refractivity contribution < 1.29 is 26.4 Å². The highest BCUT2D eigenvalue weighted by atomic mass is 32.2. The monoisotopic (exact) mass is 397 g/mol. The van der Waals surface area contributed by atoms with Crippen LogP contribution in [0.25, 0.3) is 0 Å². The number of carbonyl (C=O) groups excluding carboxylic acids is 1. The number of halogens is 3. The molecule has 1 aliphatic rings. The van der Waals surface area contributed by atoms with E-state index >= 15 is 0 Å². The molecule has 1 saturated heterocycles. The minimum Gasteiger partial charge on any atom is -0.339 e. The van der Waals surface area contributed by atoms with Gasteiger partial charge in [0, 0.05) is 18.7 Å². The quantitative estimate of drug-likeness (QED) is 0.792. The predicted molar refractivity (Wildman–Crippen MR) is 94.0 cm³/mol. The summed E-state index contributed by atoms with van der Waals surface area (Å²) in [5, 5.41) is -0.606. The third-order valence-corrected chi connectivity index (χ3v) is 6.95. The van der Waals surface area contributed by atoms with Crippen molar-refractivity contribution in [2.75, 3.05) is 13.1 Å². The van der Waals surface area contributed by atoms with Gasteiger partial charge in [-0.1, -0.05) is 24.3 Å². The molecule has 1 aliphatic heterocycles. The van der Waals surface area contributed by atoms with Crippen LogP contribution >= 0.6 is 0 Å². The molecule has 0 spiro atoms. The van der Waals surface area contributed by atoms with Crippen molar-refractivity contribution >= 4 is 15.7 Å². The molecule has 0 aliphatic carbocycles. The molecule has 2 aromatic rings. The fraction of sp³-hybridized carbons (Fsp3) is 0.316. The minimum absolute atomic E-state index is 0.0470. The van der Waals surface area contributed by atoms with Gasteiger partial charge in [-0.05, 0) is 43.2 Å². The SMILES string of the molecule is O=C(c1cccc(C(F)(F)F)c1)N1CCC(S(=O)(=O)c2ccccc2)CC1. The Bertz CT molecular complexity index is 919. The number of amides is 1. The van der Waals surface area contributed by atoms with Crippen LogP contribution in [0.3, 0.4) is 0 Å². The van der Waals surface area contributed by atoms with Gasteiger partial charge in [-0.3, -0.25) is 4.79 Å². The lowest BCUT2D eigenvalue weighted by Crippen LogP contribution is -2.42. The fourth-order valence-corrected chi connectivity index (χ4v) is 4.94. The Morgan fingerprint density at radius 3 is 2.19 bits per heavy atom. The number of likely N-dealkylation sites (tertiary alicyclic amines) is 1. The molecule has 3 rings (SSSR count). The van der Waals surface area contributed by atoms with E-state index in [1.165, 1.54) is 29.2 Å². The van der Waals surface area contributed by atoms with Gasteiger partial charge in [0.05, 0.1) is 15.7 Å². The number of rotatable bonds is 3. The smallest absolute Gasteiger partial charge is 0.339 e. The van der Waals surface area contributed by atoms with Crippen molar-refractivity contribution in [3.8, 4) is 0 Å². The molecule has 1 heterocycles. The van der Waals surface area contributed by atoms with Gasteiger partial charge in [0.1, 0.15) is 0 Å². The first kappa shape index (κ1) is 19.4. The second-order valence-corrected chi connectivity index (χ2v) is 8.66. The molecule has 0 saturated carbocycles. The van der Waals surface area contributed by atoms with Crippen molar-refractivity contribution in [2.45, 2.75) is 29.2 Å². The molecular weight excluding hydrogens is 379 g/mol. The van der Waals surface area contributed by atoms with E-state index in [0.717, 1.165) is 12.1 Å². The summed E-state index contributed by atoms with van der Waals surface area (Å²) in [5.74, 6) is -0.517. The van der Waals surface area contributed by atoms with Gasteiger partial charge in [0.2, 0.25) is 0 Å². The van der Waals surface area contributed by atoms with Crippen LogP contribution in [0.5, 0.6) is 0 Å². The molecule has 4 nitrogen and oxygen atoms in total. The van der Waals surface area contributed by atoms with Crippen molar-refractivity contribution in [1.82, 2.24) is 4.90 Å². The van der Waals surface area contributed by atoms with Crippen LogP contribution < -0.4 is 0 Å². The van der Waals surface area contributed by atoms with Crippen molar-refractivity contribution in [3.63, 3.8) is 0 Å². The van der Waals surface area contributed by atoms with Gasteiger partial charge in [0.25, 0.3) is 5.91 Å².